The third kappa shape index (κ3) is 5.89. The van der Waals surface area contributed by atoms with Crippen LogP contribution in [0.4, 0.5) is 0 Å². The molecule has 0 bridgehead atoms. The van der Waals surface area contributed by atoms with E-state index in [1.54, 1.807) is 7.11 Å². The van der Waals surface area contributed by atoms with Gasteiger partial charge in [-0.25, -0.2) is 0 Å². The van der Waals surface area contributed by atoms with Crippen molar-refractivity contribution in [1.82, 2.24) is 5.32 Å². The lowest BCUT2D eigenvalue weighted by molar-refractivity contribution is -0.120. The van der Waals surface area contributed by atoms with E-state index in [1.807, 2.05) is 24.3 Å². The number of carbonyl (C=O) groups excluding carboxylic acids is 1. The van der Waals surface area contributed by atoms with Crippen LogP contribution in [0.1, 0.15) is 5.56 Å². The molecule has 0 atom stereocenters. The van der Waals surface area contributed by atoms with Gasteiger partial charge in [-0.2, -0.15) is 0 Å². The van der Waals surface area contributed by atoms with Crippen molar-refractivity contribution in [3.8, 4) is 5.75 Å². The van der Waals surface area contributed by atoms with Crippen molar-refractivity contribution in [2.24, 2.45) is 0 Å². The second-order valence-electron chi connectivity index (χ2n) is 3.68. The highest BCUT2D eigenvalue weighted by Crippen LogP contribution is 2.12. The van der Waals surface area contributed by atoms with Gasteiger partial charge >= 0.3 is 0 Å². The van der Waals surface area contributed by atoms with Crippen molar-refractivity contribution in [3.63, 3.8) is 0 Å². The molecule has 1 amide bonds. The smallest absolute Gasteiger partial charge is 0.224 e. The Hall–Kier alpha value is -1.26. The van der Waals surface area contributed by atoms with Crippen LogP contribution in [-0.4, -0.2) is 38.7 Å². The maximum absolute atomic E-state index is 11.6. The molecule has 0 unspecified atom stereocenters. The molecule has 0 saturated carbocycles. The summed E-state index contributed by atoms with van der Waals surface area (Å²) in [5.74, 6) is 1.20. The monoisotopic (exact) mass is 271 g/mol. The normalized spacial score (nSPS) is 10.1. The maximum Gasteiger partial charge on any atom is 0.224 e. The minimum absolute atomic E-state index is 0.0299. The van der Waals surface area contributed by atoms with E-state index in [1.165, 1.54) is 0 Å². The minimum Gasteiger partial charge on any atom is -0.497 e. The van der Waals surface area contributed by atoms with Gasteiger partial charge in [-0.3, -0.25) is 4.79 Å². The zero-order valence-corrected chi connectivity index (χ0v) is 11.2. The maximum atomic E-state index is 11.6. The largest absolute Gasteiger partial charge is 0.497 e. The average molecular weight is 272 g/mol. The second-order valence-corrected chi connectivity index (χ2v) is 4.06. The van der Waals surface area contributed by atoms with Crippen molar-refractivity contribution in [1.29, 1.82) is 0 Å². The number of carbonyl (C=O) groups is 1. The van der Waals surface area contributed by atoms with Crippen molar-refractivity contribution >= 4 is 17.5 Å². The first-order chi connectivity index (χ1) is 8.76. The van der Waals surface area contributed by atoms with Gasteiger partial charge in [-0.1, -0.05) is 12.1 Å². The summed E-state index contributed by atoms with van der Waals surface area (Å²) in [6, 6.07) is 7.46. The third-order valence-electron chi connectivity index (χ3n) is 2.29. The summed E-state index contributed by atoms with van der Waals surface area (Å²) in [7, 11) is 1.60. The number of hydrogen-bond donors (Lipinski definition) is 1. The van der Waals surface area contributed by atoms with Crippen LogP contribution in [0.25, 0.3) is 0 Å². The van der Waals surface area contributed by atoms with Crippen LogP contribution in [0.2, 0.25) is 0 Å². The zero-order valence-electron chi connectivity index (χ0n) is 10.4. The Morgan fingerprint density at radius 3 is 2.94 bits per heavy atom. The summed E-state index contributed by atoms with van der Waals surface area (Å²) in [6.07, 6.45) is 0.340. The molecule has 0 heterocycles. The summed E-state index contributed by atoms with van der Waals surface area (Å²) in [6.45, 7) is 1.49. The van der Waals surface area contributed by atoms with Crippen LogP contribution < -0.4 is 10.1 Å². The molecule has 1 aromatic carbocycles. The quantitative estimate of drug-likeness (QED) is 0.577. The number of halogens is 1. The molecule has 0 saturated heterocycles. The molecule has 1 N–H and O–H groups in total. The number of benzene rings is 1. The molecular weight excluding hydrogens is 254 g/mol. The highest BCUT2D eigenvalue weighted by atomic mass is 35.5. The second kappa shape index (κ2) is 8.78. The van der Waals surface area contributed by atoms with Crippen LogP contribution in [-0.2, 0) is 16.0 Å². The Morgan fingerprint density at radius 2 is 2.22 bits per heavy atom. The van der Waals surface area contributed by atoms with Gasteiger partial charge in [-0.15, -0.1) is 11.6 Å². The van der Waals surface area contributed by atoms with E-state index in [9.17, 15) is 4.79 Å². The number of hydrogen-bond acceptors (Lipinski definition) is 3. The summed E-state index contributed by atoms with van der Waals surface area (Å²) in [5, 5.41) is 2.78. The Bertz CT molecular complexity index is 371. The van der Waals surface area contributed by atoms with Crippen molar-refractivity contribution < 1.29 is 14.3 Å². The summed E-state index contributed by atoms with van der Waals surface area (Å²) >= 11 is 5.45. The van der Waals surface area contributed by atoms with E-state index >= 15 is 0 Å². The number of rotatable bonds is 8. The zero-order chi connectivity index (χ0) is 13.2. The molecule has 0 aliphatic heterocycles. The number of amides is 1. The lowest BCUT2D eigenvalue weighted by Gasteiger charge is -2.06. The molecule has 0 spiro atoms. The van der Waals surface area contributed by atoms with Gasteiger partial charge in [0.1, 0.15) is 5.75 Å². The fourth-order valence-corrected chi connectivity index (χ4v) is 1.56. The van der Waals surface area contributed by atoms with E-state index in [0.29, 0.717) is 32.1 Å². The van der Waals surface area contributed by atoms with Crippen molar-refractivity contribution in [2.45, 2.75) is 6.42 Å². The number of methoxy groups -OCH3 is 1. The summed E-state index contributed by atoms with van der Waals surface area (Å²) < 4.78 is 10.3. The first-order valence-electron chi connectivity index (χ1n) is 5.79. The van der Waals surface area contributed by atoms with Crippen molar-refractivity contribution in [2.75, 3.05) is 32.7 Å². The average Bonchev–Trinajstić information content (AvgIpc) is 2.38. The van der Waals surface area contributed by atoms with E-state index in [0.717, 1.165) is 11.3 Å². The highest BCUT2D eigenvalue weighted by molar-refractivity contribution is 6.17. The van der Waals surface area contributed by atoms with Crippen LogP contribution in [0.5, 0.6) is 5.75 Å². The standard InChI is InChI=1S/C13H18ClNO3/c1-17-12-4-2-3-11(9-12)10-13(16)15-6-8-18-7-5-14/h2-4,9H,5-8,10H2,1H3,(H,15,16). The Labute approximate surface area is 112 Å². The van der Waals surface area contributed by atoms with Crippen LogP contribution >= 0.6 is 11.6 Å². The Balaban J connectivity index is 2.26. The molecule has 4 nitrogen and oxygen atoms in total. The third-order valence-corrected chi connectivity index (χ3v) is 2.44. The van der Waals surface area contributed by atoms with Crippen LogP contribution in [0.15, 0.2) is 24.3 Å². The molecule has 1 aromatic rings. The minimum atomic E-state index is -0.0299. The molecule has 100 valence electrons. The molecule has 1 rings (SSSR count). The predicted octanol–water partition coefficient (Wildman–Crippen LogP) is 1.61. The van der Waals surface area contributed by atoms with Gasteiger partial charge in [0.25, 0.3) is 0 Å². The first kappa shape index (κ1) is 14.8. The number of nitrogens with one attached hydrogen (secondary N) is 1. The fourth-order valence-electron chi connectivity index (χ4n) is 1.45. The van der Waals surface area contributed by atoms with Gasteiger partial charge in [0.2, 0.25) is 5.91 Å². The Morgan fingerprint density at radius 1 is 1.39 bits per heavy atom. The topological polar surface area (TPSA) is 47.6 Å². The lowest BCUT2D eigenvalue weighted by atomic mass is 10.1. The first-order valence-corrected chi connectivity index (χ1v) is 6.33. The molecule has 18 heavy (non-hydrogen) atoms. The fraction of sp³-hybridized carbons (Fsp3) is 0.462. The molecular formula is C13H18ClNO3. The molecule has 5 heteroatoms. The summed E-state index contributed by atoms with van der Waals surface area (Å²) in [4.78, 5) is 11.6. The van der Waals surface area contributed by atoms with Gasteiger partial charge in [-0.05, 0) is 17.7 Å². The highest BCUT2D eigenvalue weighted by Gasteiger charge is 2.03. The Kier molecular flexibility index (Phi) is 7.22. The van der Waals surface area contributed by atoms with E-state index in [-0.39, 0.29) is 5.91 Å². The van der Waals surface area contributed by atoms with E-state index in [4.69, 9.17) is 21.1 Å². The summed E-state index contributed by atoms with van der Waals surface area (Å²) in [5.41, 5.74) is 0.925. The van der Waals surface area contributed by atoms with Crippen LogP contribution in [0, 0.1) is 0 Å². The van der Waals surface area contributed by atoms with Gasteiger partial charge < -0.3 is 14.8 Å². The molecule has 0 fully saturated rings. The van der Waals surface area contributed by atoms with Crippen molar-refractivity contribution in [3.05, 3.63) is 29.8 Å². The number of ether oxygens (including phenoxy) is 2. The van der Waals surface area contributed by atoms with Gasteiger partial charge in [0.15, 0.2) is 0 Å². The van der Waals surface area contributed by atoms with E-state index < -0.39 is 0 Å². The molecule has 0 aliphatic carbocycles. The SMILES string of the molecule is COc1cccc(CC(=O)NCCOCCCl)c1. The predicted molar refractivity (Wildman–Crippen MR) is 71.2 cm³/mol. The molecule has 0 aliphatic rings. The van der Waals surface area contributed by atoms with Crippen LogP contribution in [0.3, 0.4) is 0 Å². The molecule has 0 radical (unpaired) electrons. The number of alkyl halides is 1. The van der Waals surface area contributed by atoms with Gasteiger partial charge in [0.05, 0.1) is 26.7 Å². The van der Waals surface area contributed by atoms with E-state index in [2.05, 4.69) is 5.32 Å². The lowest BCUT2D eigenvalue weighted by Crippen LogP contribution is -2.28. The molecule has 0 aromatic heterocycles. The van der Waals surface area contributed by atoms with Gasteiger partial charge in [0, 0.05) is 12.4 Å².